The lowest BCUT2D eigenvalue weighted by atomic mass is 10.1. The van der Waals surface area contributed by atoms with Gasteiger partial charge in [-0.15, -0.1) is 0 Å². The fraction of sp³-hybridized carbons (Fsp3) is 0.0833. The summed E-state index contributed by atoms with van der Waals surface area (Å²) in [6.07, 6.45) is 3.22. The fourth-order valence-electron chi connectivity index (χ4n) is 3.09. The third-order valence-electron chi connectivity index (χ3n) is 4.69. The number of anilines is 2. The number of amides is 1. The zero-order valence-corrected chi connectivity index (χ0v) is 17.2. The summed E-state index contributed by atoms with van der Waals surface area (Å²) in [6.45, 7) is 2.15. The summed E-state index contributed by atoms with van der Waals surface area (Å²) in [5, 5.41) is 15.0. The van der Waals surface area contributed by atoms with E-state index in [0.29, 0.717) is 40.6 Å². The van der Waals surface area contributed by atoms with Gasteiger partial charge in [-0.25, -0.2) is 14.8 Å². The largest absolute Gasteiger partial charge is 0.478 e. The maximum absolute atomic E-state index is 12.5. The van der Waals surface area contributed by atoms with Crippen LogP contribution in [-0.2, 0) is 6.54 Å². The number of aryl methyl sites for hydroxylation is 1. The minimum Gasteiger partial charge on any atom is -0.478 e. The van der Waals surface area contributed by atoms with E-state index in [0.717, 1.165) is 5.76 Å². The molecular weight excluding hydrogens is 408 g/mol. The van der Waals surface area contributed by atoms with Crippen LogP contribution in [0.3, 0.4) is 0 Å². The molecule has 32 heavy (non-hydrogen) atoms. The molecule has 0 atom stereocenters. The summed E-state index contributed by atoms with van der Waals surface area (Å²) in [6, 6.07) is 17.2. The van der Waals surface area contributed by atoms with Crippen LogP contribution in [0.1, 0.15) is 32.2 Å². The molecule has 0 aliphatic rings. The van der Waals surface area contributed by atoms with Crippen LogP contribution in [0.15, 0.2) is 77.5 Å². The topological polar surface area (TPSA) is 117 Å². The van der Waals surface area contributed by atoms with Gasteiger partial charge >= 0.3 is 5.97 Å². The molecule has 2 heterocycles. The van der Waals surface area contributed by atoms with Gasteiger partial charge in [0.2, 0.25) is 5.95 Å². The summed E-state index contributed by atoms with van der Waals surface area (Å²) < 4.78 is 5.46. The summed E-state index contributed by atoms with van der Waals surface area (Å²) in [5.74, 6) is 0.617. The van der Waals surface area contributed by atoms with Crippen molar-refractivity contribution in [3.8, 4) is 11.1 Å². The van der Waals surface area contributed by atoms with Crippen LogP contribution >= 0.6 is 0 Å². The van der Waals surface area contributed by atoms with Gasteiger partial charge in [-0.3, -0.25) is 4.79 Å². The number of furan rings is 1. The number of hydrogen-bond acceptors (Lipinski definition) is 6. The molecule has 8 heteroatoms. The molecule has 0 aliphatic heterocycles. The third kappa shape index (κ3) is 4.99. The number of carboxylic acids is 1. The molecule has 0 radical (unpaired) electrons. The summed E-state index contributed by atoms with van der Waals surface area (Å²) >= 11 is 0. The molecule has 1 amide bonds. The number of aromatic carboxylic acids is 1. The highest BCUT2D eigenvalue weighted by Gasteiger charge is 2.09. The Kier molecular flexibility index (Phi) is 5.94. The number of hydrogen-bond donors (Lipinski definition) is 3. The van der Waals surface area contributed by atoms with Gasteiger partial charge in [-0.1, -0.05) is 18.2 Å². The Balaban J connectivity index is 1.42. The Hall–Kier alpha value is -4.46. The van der Waals surface area contributed by atoms with Crippen LogP contribution in [0.5, 0.6) is 0 Å². The number of nitrogens with zero attached hydrogens (tertiary/aromatic N) is 2. The second-order valence-corrected chi connectivity index (χ2v) is 7.08. The van der Waals surface area contributed by atoms with E-state index in [2.05, 4.69) is 20.6 Å². The third-order valence-corrected chi connectivity index (χ3v) is 4.69. The predicted octanol–water partition coefficient (Wildman–Crippen LogP) is 4.42. The van der Waals surface area contributed by atoms with Crippen molar-refractivity contribution in [1.29, 1.82) is 0 Å². The van der Waals surface area contributed by atoms with Crippen LogP contribution in [-0.4, -0.2) is 27.0 Å². The van der Waals surface area contributed by atoms with Gasteiger partial charge in [0.15, 0.2) is 0 Å². The Morgan fingerprint density at radius 3 is 2.41 bits per heavy atom. The number of carbonyl (C=O) groups excluding carboxylic acids is 1. The predicted molar refractivity (Wildman–Crippen MR) is 119 cm³/mol. The molecule has 0 aliphatic carbocycles. The van der Waals surface area contributed by atoms with Crippen LogP contribution in [0.25, 0.3) is 11.1 Å². The molecule has 4 aromatic rings. The van der Waals surface area contributed by atoms with E-state index in [-0.39, 0.29) is 11.5 Å². The highest BCUT2D eigenvalue weighted by atomic mass is 16.4. The minimum absolute atomic E-state index is 0.196. The lowest BCUT2D eigenvalue weighted by molar-refractivity contribution is 0.0696. The van der Waals surface area contributed by atoms with Crippen molar-refractivity contribution in [1.82, 2.24) is 15.3 Å². The van der Waals surface area contributed by atoms with Crippen molar-refractivity contribution in [2.45, 2.75) is 13.5 Å². The molecule has 0 fully saturated rings. The number of carbonyl (C=O) groups is 2. The van der Waals surface area contributed by atoms with Gasteiger partial charge in [0, 0.05) is 29.2 Å². The van der Waals surface area contributed by atoms with Crippen molar-refractivity contribution in [2.24, 2.45) is 0 Å². The Morgan fingerprint density at radius 2 is 1.69 bits per heavy atom. The summed E-state index contributed by atoms with van der Waals surface area (Å²) in [7, 11) is 0. The number of aromatic nitrogens is 2. The average molecular weight is 428 g/mol. The van der Waals surface area contributed by atoms with Crippen LogP contribution in [0.2, 0.25) is 0 Å². The molecule has 0 saturated carbocycles. The molecule has 4 rings (SSSR count). The van der Waals surface area contributed by atoms with E-state index in [1.54, 1.807) is 54.9 Å². The van der Waals surface area contributed by atoms with Crippen molar-refractivity contribution in [2.75, 3.05) is 5.32 Å². The van der Waals surface area contributed by atoms with Crippen molar-refractivity contribution >= 4 is 23.5 Å². The standard InChI is InChI=1S/C24H20N4O4/c1-15-8-9-21(32-15)14-25-22(29)17-5-3-7-20(11-17)28-24-26-12-19(13-27-24)16-4-2-6-18(10-16)23(30)31/h2-13H,14H2,1H3,(H,25,29)(H,30,31)(H,26,27,28). The maximum atomic E-state index is 12.5. The molecule has 0 bridgehead atoms. The lowest BCUT2D eigenvalue weighted by Gasteiger charge is -2.08. The van der Waals surface area contributed by atoms with Gasteiger partial charge in [0.1, 0.15) is 11.5 Å². The smallest absolute Gasteiger partial charge is 0.335 e. The summed E-state index contributed by atoms with van der Waals surface area (Å²) in [5.41, 5.74) is 2.75. The highest BCUT2D eigenvalue weighted by Crippen LogP contribution is 2.21. The molecule has 160 valence electrons. The average Bonchev–Trinajstić information content (AvgIpc) is 3.23. The van der Waals surface area contributed by atoms with E-state index in [9.17, 15) is 9.59 Å². The van der Waals surface area contributed by atoms with Gasteiger partial charge in [-0.05, 0) is 55.0 Å². The van der Waals surface area contributed by atoms with Crippen molar-refractivity contribution in [3.63, 3.8) is 0 Å². The first-order chi connectivity index (χ1) is 15.5. The number of rotatable bonds is 7. The van der Waals surface area contributed by atoms with Gasteiger partial charge in [0.05, 0.1) is 12.1 Å². The Labute approximate surface area is 184 Å². The first-order valence-electron chi connectivity index (χ1n) is 9.84. The van der Waals surface area contributed by atoms with E-state index in [1.807, 2.05) is 19.1 Å². The normalized spacial score (nSPS) is 10.5. The Bertz CT molecular complexity index is 1270. The van der Waals surface area contributed by atoms with Crippen LogP contribution in [0, 0.1) is 6.92 Å². The monoisotopic (exact) mass is 428 g/mol. The second kappa shape index (κ2) is 9.13. The minimum atomic E-state index is -0.991. The van der Waals surface area contributed by atoms with E-state index in [1.165, 1.54) is 6.07 Å². The van der Waals surface area contributed by atoms with Gasteiger partial charge in [0.25, 0.3) is 5.91 Å². The number of carboxylic acid groups (broad SMARTS) is 1. The lowest BCUT2D eigenvalue weighted by Crippen LogP contribution is -2.22. The van der Waals surface area contributed by atoms with E-state index in [4.69, 9.17) is 9.52 Å². The fourth-order valence-corrected chi connectivity index (χ4v) is 3.09. The summed E-state index contributed by atoms with van der Waals surface area (Å²) in [4.78, 5) is 32.2. The zero-order chi connectivity index (χ0) is 22.5. The molecule has 0 saturated heterocycles. The molecule has 8 nitrogen and oxygen atoms in total. The first-order valence-corrected chi connectivity index (χ1v) is 9.84. The van der Waals surface area contributed by atoms with Crippen molar-refractivity contribution < 1.29 is 19.1 Å². The molecule has 2 aromatic heterocycles. The van der Waals surface area contributed by atoms with Gasteiger partial charge in [-0.2, -0.15) is 0 Å². The van der Waals surface area contributed by atoms with Crippen LogP contribution < -0.4 is 10.6 Å². The first kappa shape index (κ1) is 20.8. The van der Waals surface area contributed by atoms with Crippen LogP contribution in [0.4, 0.5) is 11.6 Å². The molecule has 0 spiro atoms. The highest BCUT2D eigenvalue weighted by molar-refractivity contribution is 5.95. The van der Waals surface area contributed by atoms with Crippen molar-refractivity contribution in [3.05, 3.63) is 95.7 Å². The quantitative estimate of drug-likeness (QED) is 0.399. The molecular formula is C24H20N4O4. The van der Waals surface area contributed by atoms with E-state index < -0.39 is 5.97 Å². The number of benzene rings is 2. The number of nitrogens with one attached hydrogen (secondary N) is 2. The molecule has 3 N–H and O–H groups in total. The zero-order valence-electron chi connectivity index (χ0n) is 17.2. The second-order valence-electron chi connectivity index (χ2n) is 7.08. The molecule has 2 aromatic carbocycles. The Morgan fingerprint density at radius 1 is 0.938 bits per heavy atom. The van der Waals surface area contributed by atoms with Gasteiger partial charge < -0.3 is 20.2 Å². The molecule has 0 unspecified atom stereocenters. The maximum Gasteiger partial charge on any atom is 0.335 e. The van der Waals surface area contributed by atoms with E-state index >= 15 is 0 Å². The SMILES string of the molecule is Cc1ccc(CNC(=O)c2cccc(Nc3ncc(-c4cccc(C(=O)O)c4)cn3)c2)o1.